The fourth-order valence-electron chi connectivity index (χ4n) is 3.81. The average molecular weight is 448 g/mol. The number of ether oxygens (including phenoxy) is 1. The van der Waals surface area contributed by atoms with Crippen molar-refractivity contribution < 1.29 is 9.53 Å². The largest absolute Gasteiger partial charge is 0.493 e. The van der Waals surface area contributed by atoms with Crippen molar-refractivity contribution in [2.24, 2.45) is 0 Å². The van der Waals surface area contributed by atoms with Crippen LogP contribution in [0, 0.1) is 0 Å². The number of hydrogen-bond donors (Lipinski definition) is 1. The lowest BCUT2D eigenvalue weighted by molar-refractivity contribution is 0.0953. The van der Waals surface area contributed by atoms with Gasteiger partial charge in [-0.2, -0.15) is 0 Å². The minimum atomic E-state index is -0.0594. The number of carbonyl (C=O) groups is 1. The summed E-state index contributed by atoms with van der Waals surface area (Å²) in [5, 5.41) is 4.91. The first-order valence-electron chi connectivity index (χ1n) is 11.1. The van der Waals surface area contributed by atoms with Gasteiger partial charge in [0, 0.05) is 6.54 Å². The Balaban J connectivity index is 1.37. The molecule has 166 valence electrons. The molecule has 1 amide bonds. The Morgan fingerprint density at radius 2 is 1.88 bits per heavy atom. The summed E-state index contributed by atoms with van der Waals surface area (Å²) in [6.07, 6.45) is 1.91. The molecule has 0 spiro atoms. The molecule has 0 fully saturated rings. The SMILES string of the molecule is CC(C)c1ccccc1OCCCCn1c(CNC(=O)c2cccs2)nc2ccccc21. The van der Waals surface area contributed by atoms with Crippen molar-refractivity contribution in [3.05, 3.63) is 82.3 Å². The van der Waals surface area contributed by atoms with Crippen molar-refractivity contribution in [3.8, 4) is 5.75 Å². The maximum Gasteiger partial charge on any atom is 0.261 e. The molecule has 2 heterocycles. The molecule has 5 nitrogen and oxygen atoms in total. The second-order valence-electron chi connectivity index (χ2n) is 8.08. The van der Waals surface area contributed by atoms with Crippen molar-refractivity contribution in [1.29, 1.82) is 0 Å². The number of imidazole rings is 1. The summed E-state index contributed by atoms with van der Waals surface area (Å²) in [7, 11) is 0. The number of carbonyl (C=O) groups excluding carboxylic acids is 1. The Bertz CT molecular complexity index is 1170. The topological polar surface area (TPSA) is 56.1 Å². The number of hydrogen-bond acceptors (Lipinski definition) is 4. The Morgan fingerprint density at radius 3 is 2.69 bits per heavy atom. The van der Waals surface area contributed by atoms with E-state index in [-0.39, 0.29) is 5.91 Å². The van der Waals surface area contributed by atoms with Crippen molar-refractivity contribution >= 4 is 28.3 Å². The quantitative estimate of drug-likeness (QED) is 0.303. The van der Waals surface area contributed by atoms with Crippen LogP contribution < -0.4 is 10.1 Å². The van der Waals surface area contributed by atoms with Gasteiger partial charge in [0.15, 0.2) is 0 Å². The lowest BCUT2D eigenvalue weighted by atomic mass is 10.0. The van der Waals surface area contributed by atoms with Crippen LogP contribution >= 0.6 is 11.3 Å². The van der Waals surface area contributed by atoms with Gasteiger partial charge < -0.3 is 14.6 Å². The predicted molar refractivity (Wildman–Crippen MR) is 130 cm³/mol. The molecule has 4 aromatic rings. The van der Waals surface area contributed by atoms with E-state index in [2.05, 4.69) is 41.9 Å². The Morgan fingerprint density at radius 1 is 1.06 bits per heavy atom. The van der Waals surface area contributed by atoms with Gasteiger partial charge in [-0.05, 0) is 54.0 Å². The number of nitrogens with zero attached hydrogens (tertiary/aromatic N) is 2. The molecule has 0 unspecified atom stereocenters. The number of thiophene rings is 1. The van der Waals surface area contributed by atoms with Crippen molar-refractivity contribution in [2.75, 3.05) is 6.61 Å². The Kier molecular flexibility index (Phi) is 7.22. The molecule has 0 radical (unpaired) electrons. The lowest BCUT2D eigenvalue weighted by Crippen LogP contribution is -2.24. The number of rotatable bonds is 10. The Labute approximate surface area is 193 Å². The van der Waals surface area contributed by atoms with Crippen LogP contribution in [-0.4, -0.2) is 22.1 Å². The van der Waals surface area contributed by atoms with E-state index in [1.807, 2.05) is 47.8 Å². The summed E-state index contributed by atoms with van der Waals surface area (Å²) < 4.78 is 8.29. The number of unbranched alkanes of at least 4 members (excludes halogenated alkanes) is 1. The summed E-state index contributed by atoms with van der Waals surface area (Å²) in [6, 6.07) is 20.1. The molecular weight excluding hydrogens is 418 g/mol. The number of amides is 1. The third kappa shape index (κ3) is 5.19. The van der Waals surface area contributed by atoms with Crippen LogP contribution in [0.2, 0.25) is 0 Å². The van der Waals surface area contributed by atoms with Gasteiger partial charge in [0.2, 0.25) is 0 Å². The fraction of sp³-hybridized carbons (Fsp3) is 0.308. The highest BCUT2D eigenvalue weighted by atomic mass is 32.1. The monoisotopic (exact) mass is 447 g/mol. The van der Waals surface area contributed by atoms with Gasteiger partial charge in [0.25, 0.3) is 5.91 Å². The van der Waals surface area contributed by atoms with E-state index in [0.29, 0.717) is 23.9 Å². The van der Waals surface area contributed by atoms with Gasteiger partial charge in [-0.3, -0.25) is 4.79 Å². The molecule has 0 saturated carbocycles. The first kappa shape index (κ1) is 22.1. The van der Waals surface area contributed by atoms with Crippen LogP contribution in [0.15, 0.2) is 66.0 Å². The summed E-state index contributed by atoms with van der Waals surface area (Å²) in [5.41, 5.74) is 3.30. The van der Waals surface area contributed by atoms with Crippen LogP contribution in [-0.2, 0) is 13.1 Å². The number of fused-ring (bicyclic) bond motifs is 1. The number of para-hydroxylation sites is 3. The first-order chi connectivity index (χ1) is 15.6. The third-order valence-corrected chi connectivity index (χ3v) is 6.33. The van der Waals surface area contributed by atoms with E-state index < -0.39 is 0 Å². The lowest BCUT2D eigenvalue weighted by Gasteiger charge is -2.14. The molecule has 4 rings (SSSR count). The first-order valence-corrected chi connectivity index (χ1v) is 12.0. The third-order valence-electron chi connectivity index (χ3n) is 5.46. The summed E-state index contributed by atoms with van der Waals surface area (Å²) in [5.74, 6) is 2.24. The van der Waals surface area contributed by atoms with Gasteiger partial charge in [-0.1, -0.05) is 50.2 Å². The van der Waals surface area contributed by atoms with Gasteiger partial charge >= 0.3 is 0 Å². The minimum Gasteiger partial charge on any atom is -0.493 e. The van der Waals surface area contributed by atoms with Crippen LogP contribution in [0.3, 0.4) is 0 Å². The molecule has 0 saturated heterocycles. The van der Waals surface area contributed by atoms with Crippen LogP contribution in [0.5, 0.6) is 5.75 Å². The highest BCUT2D eigenvalue weighted by molar-refractivity contribution is 7.12. The summed E-state index contributed by atoms with van der Waals surface area (Å²) >= 11 is 1.44. The van der Waals surface area contributed by atoms with E-state index in [4.69, 9.17) is 9.72 Å². The highest BCUT2D eigenvalue weighted by Gasteiger charge is 2.13. The number of aryl methyl sites for hydroxylation is 1. The zero-order chi connectivity index (χ0) is 22.3. The van der Waals surface area contributed by atoms with Crippen LogP contribution in [0.25, 0.3) is 11.0 Å². The fourth-order valence-corrected chi connectivity index (χ4v) is 4.45. The van der Waals surface area contributed by atoms with Gasteiger partial charge in [0.05, 0.1) is 29.1 Å². The zero-order valence-electron chi connectivity index (χ0n) is 18.6. The van der Waals surface area contributed by atoms with E-state index >= 15 is 0 Å². The summed E-state index contributed by atoms with van der Waals surface area (Å²) in [6.45, 7) is 6.29. The summed E-state index contributed by atoms with van der Waals surface area (Å²) in [4.78, 5) is 17.8. The molecule has 0 aliphatic rings. The molecule has 32 heavy (non-hydrogen) atoms. The van der Waals surface area contributed by atoms with E-state index in [0.717, 1.165) is 42.0 Å². The maximum atomic E-state index is 12.4. The van der Waals surface area contributed by atoms with Crippen LogP contribution in [0.1, 0.15) is 53.7 Å². The molecule has 2 aromatic carbocycles. The number of aromatic nitrogens is 2. The molecule has 2 aromatic heterocycles. The normalized spacial score (nSPS) is 11.2. The molecule has 0 aliphatic carbocycles. The highest BCUT2D eigenvalue weighted by Crippen LogP contribution is 2.26. The van der Waals surface area contributed by atoms with Crippen LogP contribution in [0.4, 0.5) is 0 Å². The van der Waals surface area contributed by atoms with E-state index in [1.54, 1.807) is 0 Å². The smallest absolute Gasteiger partial charge is 0.261 e. The van der Waals surface area contributed by atoms with E-state index in [1.165, 1.54) is 16.9 Å². The maximum absolute atomic E-state index is 12.4. The second-order valence-corrected chi connectivity index (χ2v) is 9.02. The molecule has 0 atom stereocenters. The Hall–Kier alpha value is -3.12. The standard InChI is InChI=1S/C26H29N3O2S/c1-19(2)20-10-3-6-13-23(20)31-16-8-7-15-29-22-12-5-4-11-21(22)28-25(29)18-27-26(30)24-14-9-17-32-24/h3-6,9-14,17,19H,7-8,15-16,18H2,1-2H3,(H,27,30). The molecule has 0 aliphatic heterocycles. The van der Waals surface area contributed by atoms with Gasteiger partial charge in [0.1, 0.15) is 11.6 Å². The molecule has 6 heteroatoms. The molecular formula is C26H29N3O2S. The molecule has 0 bridgehead atoms. The number of benzene rings is 2. The second kappa shape index (κ2) is 10.5. The molecule has 1 N–H and O–H groups in total. The van der Waals surface area contributed by atoms with Gasteiger partial charge in [-0.15, -0.1) is 11.3 Å². The van der Waals surface area contributed by atoms with Crippen molar-refractivity contribution in [3.63, 3.8) is 0 Å². The van der Waals surface area contributed by atoms with E-state index in [9.17, 15) is 4.79 Å². The zero-order valence-corrected chi connectivity index (χ0v) is 19.4. The predicted octanol–water partition coefficient (Wildman–Crippen LogP) is 6.01. The minimum absolute atomic E-state index is 0.0594. The van der Waals surface area contributed by atoms with Crippen molar-refractivity contribution in [1.82, 2.24) is 14.9 Å². The van der Waals surface area contributed by atoms with Gasteiger partial charge in [-0.25, -0.2) is 4.98 Å². The average Bonchev–Trinajstić information content (AvgIpc) is 3.46. The van der Waals surface area contributed by atoms with Crippen molar-refractivity contribution in [2.45, 2.75) is 45.7 Å². The number of nitrogens with one attached hydrogen (secondary N) is 1.